The van der Waals surface area contributed by atoms with Crippen molar-refractivity contribution in [1.29, 1.82) is 0 Å². The highest BCUT2D eigenvalue weighted by Gasteiger charge is 2.29. The highest BCUT2D eigenvalue weighted by Crippen LogP contribution is 2.31. The first-order chi connectivity index (χ1) is 16.8. The van der Waals surface area contributed by atoms with Crippen LogP contribution in [0.25, 0.3) is 22.3 Å². The fraction of sp³-hybridized carbons (Fsp3) is 0.172. The second kappa shape index (κ2) is 12.3. The van der Waals surface area contributed by atoms with Crippen LogP contribution in [-0.4, -0.2) is 14.1 Å². The molecule has 0 saturated carbocycles. The number of nitrogens with one attached hydrogen (secondary N) is 2. The second-order valence-corrected chi connectivity index (χ2v) is 8.00. The van der Waals surface area contributed by atoms with Crippen molar-refractivity contribution >= 4 is 0 Å². The molecule has 0 amide bonds. The lowest BCUT2D eigenvalue weighted by molar-refractivity contribution is -0.137. The highest BCUT2D eigenvalue weighted by atomic mass is 19.4. The maximum Gasteiger partial charge on any atom is 0.416 e. The summed E-state index contributed by atoms with van der Waals surface area (Å²) < 4.78 is 51.1. The van der Waals surface area contributed by atoms with E-state index in [1.54, 1.807) is 19.2 Å². The van der Waals surface area contributed by atoms with E-state index in [1.165, 1.54) is 34.9 Å². The number of alkyl halides is 3. The van der Waals surface area contributed by atoms with Gasteiger partial charge in [-0.3, -0.25) is 0 Å². The smallest absolute Gasteiger partial charge is 0.316 e. The van der Waals surface area contributed by atoms with Crippen molar-refractivity contribution in [2.45, 2.75) is 19.3 Å². The van der Waals surface area contributed by atoms with Crippen molar-refractivity contribution in [3.05, 3.63) is 120 Å². The van der Waals surface area contributed by atoms with Gasteiger partial charge in [0.05, 0.1) is 5.56 Å². The van der Waals surface area contributed by atoms with Crippen LogP contribution in [0.5, 0.6) is 0 Å². The lowest BCUT2D eigenvalue weighted by Crippen LogP contribution is -2.07. The Morgan fingerprint density at radius 3 is 1.66 bits per heavy atom. The van der Waals surface area contributed by atoms with E-state index in [1.807, 2.05) is 13.1 Å². The molecule has 2 N–H and O–H groups in total. The average Bonchev–Trinajstić information content (AvgIpc) is 2.87. The minimum Gasteiger partial charge on any atom is -0.316 e. The highest BCUT2D eigenvalue weighted by molar-refractivity contribution is 5.64. The van der Waals surface area contributed by atoms with Gasteiger partial charge in [0.25, 0.3) is 0 Å². The van der Waals surface area contributed by atoms with Gasteiger partial charge in [-0.25, -0.2) is 4.39 Å². The average molecular weight is 481 g/mol. The van der Waals surface area contributed by atoms with Crippen molar-refractivity contribution in [3.8, 4) is 22.3 Å². The fourth-order valence-corrected chi connectivity index (χ4v) is 3.56. The van der Waals surface area contributed by atoms with Gasteiger partial charge in [0.1, 0.15) is 5.82 Å². The van der Waals surface area contributed by atoms with Crippen LogP contribution in [0.2, 0.25) is 0 Å². The topological polar surface area (TPSA) is 24.1 Å². The van der Waals surface area contributed by atoms with Crippen molar-refractivity contribution in [3.63, 3.8) is 0 Å². The molecule has 0 fully saturated rings. The Balaban J connectivity index is 0.000000203. The molecule has 4 aromatic rings. The maximum absolute atomic E-state index is 13.8. The number of hydrogen-bond acceptors (Lipinski definition) is 2. The standard InChI is InChI=1S/C15H13F4N.C14H15N/c1-20-9-12-3-2-11(8-14(12)16)10-4-6-13(7-5-10)15(17,18)19;1-15-11-12-7-9-14(10-8-12)13-5-3-2-4-6-13/h2-8,20H,9H2,1H3;2-10,15H,11H2,1H3. The van der Waals surface area contributed by atoms with E-state index in [2.05, 4.69) is 59.2 Å². The summed E-state index contributed by atoms with van der Waals surface area (Å²) in [7, 11) is 3.67. The molecule has 4 rings (SSSR count). The van der Waals surface area contributed by atoms with Crippen molar-refractivity contribution < 1.29 is 17.6 Å². The molecule has 0 bridgehead atoms. The Morgan fingerprint density at radius 1 is 0.600 bits per heavy atom. The summed E-state index contributed by atoms with van der Waals surface area (Å²) in [5, 5.41) is 5.99. The fourth-order valence-electron chi connectivity index (χ4n) is 3.56. The van der Waals surface area contributed by atoms with E-state index < -0.39 is 11.7 Å². The van der Waals surface area contributed by atoms with Crippen molar-refractivity contribution in [1.82, 2.24) is 10.6 Å². The Morgan fingerprint density at radius 2 is 1.11 bits per heavy atom. The van der Waals surface area contributed by atoms with Gasteiger partial charge in [0, 0.05) is 18.7 Å². The van der Waals surface area contributed by atoms with Crippen LogP contribution >= 0.6 is 0 Å². The molecule has 6 heteroatoms. The van der Waals surface area contributed by atoms with Crippen LogP contribution in [0.4, 0.5) is 17.6 Å². The zero-order valence-corrected chi connectivity index (χ0v) is 19.7. The van der Waals surface area contributed by atoms with Crippen LogP contribution in [0.1, 0.15) is 16.7 Å². The largest absolute Gasteiger partial charge is 0.416 e. The molecule has 0 radical (unpaired) electrons. The van der Waals surface area contributed by atoms with Crippen LogP contribution in [0.15, 0.2) is 97.1 Å². The van der Waals surface area contributed by atoms with Gasteiger partial charge in [-0.15, -0.1) is 0 Å². The first-order valence-electron chi connectivity index (χ1n) is 11.2. The van der Waals surface area contributed by atoms with E-state index in [0.29, 0.717) is 23.2 Å². The lowest BCUT2D eigenvalue weighted by atomic mass is 10.0. The first-order valence-corrected chi connectivity index (χ1v) is 11.2. The second-order valence-electron chi connectivity index (χ2n) is 8.00. The monoisotopic (exact) mass is 480 g/mol. The first kappa shape index (κ1) is 26.1. The van der Waals surface area contributed by atoms with Crippen LogP contribution in [0, 0.1) is 5.82 Å². The maximum atomic E-state index is 13.8. The van der Waals surface area contributed by atoms with Crippen LogP contribution < -0.4 is 10.6 Å². The van der Waals surface area contributed by atoms with Crippen LogP contribution in [-0.2, 0) is 19.3 Å². The third kappa shape index (κ3) is 7.50. The summed E-state index contributed by atoms with van der Waals surface area (Å²) in [6.07, 6.45) is -4.36. The Hall–Kier alpha value is -3.48. The summed E-state index contributed by atoms with van der Waals surface area (Å²) in [6.45, 7) is 1.33. The quantitative estimate of drug-likeness (QED) is 0.283. The van der Waals surface area contributed by atoms with E-state index in [9.17, 15) is 17.6 Å². The van der Waals surface area contributed by atoms with Crippen molar-refractivity contribution in [2.24, 2.45) is 0 Å². The Kier molecular flexibility index (Phi) is 9.18. The van der Waals surface area contributed by atoms with E-state index in [-0.39, 0.29) is 5.82 Å². The molecule has 0 spiro atoms. The van der Waals surface area contributed by atoms with Crippen molar-refractivity contribution in [2.75, 3.05) is 14.1 Å². The van der Waals surface area contributed by atoms with Gasteiger partial charge in [0.2, 0.25) is 0 Å². The lowest BCUT2D eigenvalue weighted by Gasteiger charge is -2.09. The zero-order chi connectivity index (χ0) is 25.3. The van der Waals surface area contributed by atoms with Gasteiger partial charge in [-0.1, -0.05) is 78.9 Å². The molecule has 0 aliphatic heterocycles. The van der Waals surface area contributed by atoms with Gasteiger partial charge in [0.15, 0.2) is 0 Å². The molecule has 182 valence electrons. The van der Waals surface area contributed by atoms with Gasteiger partial charge >= 0.3 is 6.18 Å². The third-order valence-electron chi connectivity index (χ3n) is 5.41. The molecular weight excluding hydrogens is 452 g/mol. The van der Waals surface area contributed by atoms with E-state index in [4.69, 9.17) is 0 Å². The predicted molar refractivity (Wildman–Crippen MR) is 134 cm³/mol. The normalized spacial score (nSPS) is 11.0. The van der Waals surface area contributed by atoms with E-state index >= 15 is 0 Å². The molecule has 0 saturated heterocycles. The number of rotatable bonds is 6. The Bertz CT molecular complexity index is 1190. The van der Waals surface area contributed by atoms with Gasteiger partial charge < -0.3 is 10.6 Å². The molecule has 0 aliphatic rings. The Labute approximate surface area is 203 Å². The SMILES string of the molecule is CNCc1ccc(-c2ccc(C(F)(F)F)cc2)cc1F.CNCc1ccc(-c2ccccc2)cc1. The molecule has 0 atom stereocenters. The summed E-state index contributed by atoms with van der Waals surface area (Å²) in [5.41, 5.74) is 4.77. The molecular formula is C29H28F4N2. The minimum atomic E-state index is -4.36. The number of halogens is 4. The third-order valence-corrected chi connectivity index (χ3v) is 5.41. The molecule has 4 aromatic carbocycles. The summed E-state index contributed by atoms with van der Waals surface area (Å²) in [4.78, 5) is 0. The van der Waals surface area contributed by atoms with E-state index in [0.717, 1.165) is 18.7 Å². The molecule has 35 heavy (non-hydrogen) atoms. The molecule has 0 unspecified atom stereocenters. The molecule has 0 heterocycles. The molecule has 0 aliphatic carbocycles. The number of benzene rings is 4. The number of hydrogen-bond donors (Lipinski definition) is 2. The molecule has 0 aromatic heterocycles. The zero-order valence-electron chi connectivity index (χ0n) is 19.7. The summed E-state index contributed by atoms with van der Waals surface area (Å²) in [6, 6.07) is 28.4. The van der Waals surface area contributed by atoms with Crippen LogP contribution in [0.3, 0.4) is 0 Å². The summed E-state index contributed by atoms with van der Waals surface area (Å²) >= 11 is 0. The van der Waals surface area contributed by atoms with Gasteiger partial charge in [-0.05, 0) is 60.1 Å². The van der Waals surface area contributed by atoms with Gasteiger partial charge in [-0.2, -0.15) is 13.2 Å². The summed E-state index contributed by atoms with van der Waals surface area (Å²) in [5.74, 6) is -0.378. The minimum absolute atomic E-state index is 0.378. The predicted octanol–water partition coefficient (Wildman–Crippen LogP) is 7.30. The molecule has 2 nitrogen and oxygen atoms in total.